The SMILES string of the molecule is CC(C)c1ccc(CN2CCN(C(=O)C3CCN(S(=O)(=O)c4ccc(C#N)cc4)CC3)CC2)cc1. The maximum absolute atomic E-state index is 13.1. The number of nitriles is 1. The topological polar surface area (TPSA) is 84.7 Å². The van der Waals surface area contributed by atoms with E-state index in [1.54, 1.807) is 0 Å². The summed E-state index contributed by atoms with van der Waals surface area (Å²) in [6.45, 7) is 9.10. The molecular weight excluding hydrogens is 460 g/mol. The van der Waals surface area contributed by atoms with Crippen molar-refractivity contribution in [2.75, 3.05) is 39.3 Å². The molecule has 8 heteroatoms. The van der Waals surface area contributed by atoms with Gasteiger partial charge in [0.2, 0.25) is 15.9 Å². The second kappa shape index (κ2) is 10.9. The molecule has 2 aromatic carbocycles. The first kappa shape index (κ1) is 25.4. The van der Waals surface area contributed by atoms with Crippen molar-refractivity contribution in [3.8, 4) is 6.07 Å². The van der Waals surface area contributed by atoms with E-state index in [4.69, 9.17) is 5.26 Å². The molecule has 0 aliphatic carbocycles. The van der Waals surface area contributed by atoms with Crippen LogP contribution in [-0.2, 0) is 21.4 Å². The number of amides is 1. The average Bonchev–Trinajstić information content (AvgIpc) is 2.89. The van der Waals surface area contributed by atoms with E-state index in [1.807, 2.05) is 11.0 Å². The molecule has 0 aromatic heterocycles. The van der Waals surface area contributed by atoms with Crippen LogP contribution in [0.5, 0.6) is 0 Å². The molecule has 0 unspecified atom stereocenters. The summed E-state index contributed by atoms with van der Waals surface area (Å²) < 4.78 is 27.3. The largest absolute Gasteiger partial charge is 0.340 e. The van der Waals surface area contributed by atoms with E-state index in [0.717, 1.165) is 19.6 Å². The molecule has 2 aliphatic rings. The zero-order chi connectivity index (χ0) is 25.0. The summed E-state index contributed by atoms with van der Waals surface area (Å²) in [6, 6.07) is 16.8. The summed E-state index contributed by atoms with van der Waals surface area (Å²) in [5.41, 5.74) is 3.07. The lowest BCUT2D eigenvalue weighted by atomic mass is 9.96. The normalized spacial score (nSPS) is 18.5. The fourth-order valence-electron chi connectivity index (χ4n) is 4.84. The fraction of sp³-hybridized carbons (Fsp3) is 0.481. The Morgan fingerprint density at radius 1 is 0.943 bits per heavy atom. The highest BCUT2D eigenvalue weighted by atomic mass is 32.2. The van der Waals surface area contributed by atoms with Crippen LogP contribution in [0.3, 0.4) is 0 Å². The zero-order valence-corrected chi connectivity index (χ0v) is 21.4. The van der Waals surface area contributed by atoms with Crippen LogP contribution in [0.15, 0.2) is 53.4 Å². The molecule has 2 fully saturated rings. The van der Waals surface area contributed by atoms with Gasteiger partial charge in [-0.1, -0.05) is 38.1 Å². The van der Waals surface area contributed by atoms with Gasteiger partial charge < -0.3 is 4.90 Å². The monoisotopic (exact) mass is 494 g/mol. The van der Waals surface area contributed by atoms with Gasteiger partial charge >= 0.3 is 0 Å². The van der Waals surface area contributed by atoms with Gasteiger partial charge in [-0.2, -0.15) is 9.57 Å². The summed E-state index contributed by atoms with van der Waals surface area (Å²) in [5.74, 6) is 0.556. The number of benzene rings is 2. The van der Waals surface area contributed by atoms with E-state index in [9.17, 15) is 13.2 Å². The highest BCUT2D eigenvalue weighted by Crippen LogP contribution is 2.26. The number of piperidine rings is 1. The predicted octanol–water partition coefficient (Wildman–Crippen LogP) is 3.43. The molecule has 0 spiro atoms. The highest BCUT2D eigenvalue weighted by Gasteiger charge is 2.34. The highest BCUT2D eigenvalue weighted by molar-refractivity contribution is 7.89. The minimum atomic E-state index is -3.61. The van der Waals surface area contributed by atoms with Crippen LogP contribution < -0.4 is 0 Å². The van der Waals surface area contributed by atoms with Crippen LogP contribution in [0, 0.1) is 17.2 Å². The van der Waals surface area contributed by atoms with Gasteiger partial charge in [-0.3, -0.25) is 9.69 Å². The number of carbonyl (C=O) groups is 1. The molecule has 0 N–H and O–H groups in total. The van der Waals surface area contributed by atoms with E-state index >= 15 is 0 Å². The molecule has 2 aromatic rings. The molecule has 4 rings (SSSR count). The number of hydrogen-bond donors (Lipinski definition) is 0. The number of nitrogens with zero attached hydrogens (tertiary/aromatic N) is 4. The number of sulfonamides is 1. The van der Waals surface area contributed by atoms with E-state index in [2.05, 4.69) is 43.0 Å². The van der Waals surface area contributed by atoms with Gasteiger partial charge in [-0.25, -0.2) is 8.42 Å². The minimum absolute atomic E-state index is 0.127. The smallest absolute Gasteiger partial charge is 0.243 e. The third-order valence-corrected chi connectivity index (χ3v) is 9.07. The molecule has 2 aliphatic heterocycles. The maximum atomic E-state index is 13.1. The van der Waals surface area contributed by atoms with Gasteiger partial charge in [-0.15, -0.1) is 0 Å². The Balaban J connectivity index is 1.25. The van der Waals surface area contributed by atoms with Crippen molar-refractivity contribution in [2.45, 2.75) is 44.0 Å². The molecular formula is C27H34N4O3S. The van der Waals surface area contributed by atoms with E-state index < -0.39 is 10.0 Å². The summed E-state index contributed by atoms with van der Waals surface area (Å²) in [4.78, 5) is 17.7. The van der Waals surface area contributed by atoms with Crippen LogP contribution in [0.25, 0.3) is 0 Å². The Morgan fingerprint density at radius 3 is 2.09 bits per heavy atom. The molecule has 2 heterocycles. The zero-order valence-electron chi connectivity index (χ0n) is 20.6. The molecule has 1 amide bonds. The number of carbonyl (C=O) groups excluding carboxylic acids is 1. The van der Waals surface area contributed by atoms with Crippen LogP contribution in [0.4, 0.5) is 0 Å². The van der Waals surface area contributed by atoms with Gasteiger partial charge in [0.25, 0.3) is 0 Å². The molecule has 186 valence electrons. The fourth-order valence-corrected chi connectivity index (χ4v) is 6.31. The minimum Gasteiger partial charge on any atom is -0.340 e. The van der Waals surface area contributed by atoms with Crippen molar-refractivity contribution in [3.63, 3.8) is 0 Å². The number of hydrogen-bond acceptors (Lipinski definition) is 5. The van der Waals surface area contributed by atoms with Crippen LogP contribution >= 0.6 is 0 Å². The maximum Gasteiger partial charge on any atom is 0.243 e. The van der Waals surface area contributed by atoms with E-state index in [0.29, 0.717) is 50.5 Å². The number of rotatable bonds is 6. The second-order valence-electron chi connectivity index (χ2n) is 9.81. The van der Waals surface area contributed by atoms with Crippen molar-refractivity contribution in [2.24, 2.45) is 5.92 Å². The second-order valence-corrected chi connectivity index (χ2v) is 11.8. The van der Waals surface area contributed by atoms with Crippen molar-refractivity contribution in [3.05, 3.63) is 65.2 Å². The summed E-state index contributed by atoms with van der Waals surface area (Å²) in [5, 5.41) is 8.93. The molecule has 0 bridgehead atoms. The van der Waals surface area contributed by atoms with Gasteiger partial charge in [0.05, 0.1) is 16.5 Å². The van der Waals surface area contributed by atoms with Crippen molar-refractivity contribution >= 4 is 15.9 Å². The van der Waals surface area contributed by atoms with Crippen LogP contribution in [-0.4, -0.2) is 67.7 Å². The summed E-state index contributed by atoms with van der Waals surface area (Å²) in [7, 11) is -3.61. The third kappa shape index (κ3) is 5.92. The lowest BCUT2D eigenvalue weighted by Crippen LogP contribution is -2.51. The molecule has 35 heavy (non-hydrogen) atoms. The Kier molecular flexibility index (Phi) is 7.90. The average molecular weight is 495 g/mol. The Labute approximate surface area is 209 Å². The summed E-state index contributed by atoms with van der Waals surface area (Å²) in [6.07, 6.45) is 1.08. The Morgan fingerprint density at radius 2 is 1.54 bits per heavy atom. The van der Waals surface area contributed by atoms with Gasteiger partial charge in [-0.05, 0) is 54.2 Å². The lowest BCUT2D eigenvalue weighted by Gasteiger charge is -2.38. The standard InChI is InChI=1S/C27H34N4O3S/c1-21(2)24-7-3-23(4-8-24)20-29-15-17-30(18-16-29)27(32)25-11-13-31(14-12-25)35(33,34)26-9-5-22(19-28)6-10-26/h3-10,21,25H,11-18,20H2,1-2H3. The molecule has 7 nitrogen and oxygen atoms in total. The third-order valence-electron chi connectivity index (χ3n) is 7.16. The first-order valence-electron chi connectivity index (χ1n) is 12.4. The number of piperazine rings is 1. The van der Waals surface area contributed by atoms with Crippen molar-refractivity contribution in [1.29, 1.82) is 5.26 Å². The molecule has 0 saturated carbocycles. The molecule has 2 saturated heterocycles. The molecule has 0 atom stereocenters. The summed E-state index contributed by atoms with van der Waals surface area (Å²) >= 11 is 0. The van der Waals surface area contributed by atoms with E-state index in [1.165, 1.54) is 39.7 Å². The Hall–Kier alpha value is -2.73. The first-order valence-corrected chi connectivity index (χ1v) is 13.8. The van der Waals surface area contributed by atoms with Gasteiger partial charge in [0.15, 0.2) is 0 Å². The van der Waals surface area contributed by atoms with Gasteiger partial charge in [0, 0.05) is 51.7 Å². The molecule has 0 radical (unpaired) electrons. The van der Waals surface area contributed by atoms with Crippen LogP contribution in [0.1, 0.15) is 49.3 Å². The van der Waals surface area contributed by atoms with Gasteiger partial charge in [0.1, 0.15) is 0 Å². The lowest BCUT2D eigenvalue weighted by molar-refractivity contribution is -0.138. The predicted molar refractivity (Wildman–Crippen MR) is 135 cm³/mol. The van der Waals surface area contributed by atoms with Crippen molar-refractivity contribution in [1.82, 2.24) is 14.1 Å². The van der Waals surface area contributed by atoms with E-state index in [-0.39, 0.29) is 16.7 Å². The quantitative estimate of drug-likeness (QED) is 0.614. The van der Waals surface area contributed by atoms with Crippen molar-refractivity contribution < 1.29 is 13.2 Å². The van der Waals surface area contributed by atoms with Crippen LogP contribution in [0.2, 0.25) is 0 Å². The first-order chi connectivity index (χ1) is 16.8. The Bertz CT molecular complexity index is 1150.